The highest BCUT2D eigenvalue weighted by Gasteiger charge is 2.19. The number of thioether (sulfide) groups is 1. The van der Waals surface area contributed by atoms with Crippen LogP contribution in [0.4, 0.5) is 11.4 Å². The number of hydrogen-bond acceptors (Lipinski definition) is 6. The smallest absolute Gasteiger partial charge is 0.329 e. The molecule has 0 N–H and O–H groups in total. The zero-order valence-electron chi connectivity index (χ0n) is 22.3. The molecule has 1 fully saturated rings. The summed E-state index contributed by atoms with van der Waals surface area (Å²) in [6.45, 7) is 4.14. The van der Waals surface area contributed by atoms with Crippen LogP contribution in [0, 0.1) is 0 Å². The number of imidazole rings is 1. The topological polar surface area (TPSA) is 67.7 Å². The molecular weight excluding hydrogens is 508 g/mol. The average molecular weight is 543 g/mol. The molecule has 0 bridgehead atoms. The van der Waals surface area contributed by atoms with Gasteiger partial charge in [0.1, 0.15) is 5.52 Å². The highest BCUT2D eigenvalue weighted by Crippen LogP contribution is 2.26. The summed E-state index contributed by atoms with van der Waals surface area (Å²) in [4.78, 5) is 39.6. The monoisotopic (exact) mass is 542 g/mol. The van der Waals surface area contributed by atoms with Crippen molar-refractivity contribution in [3.63, 3.8) is 0 Å². The van der Waals surface area contributed by atoms with Gasteiger partial charge in [-0.2, -0.15) is 0 Å². The van der Waals surface area contributed by atoms with E-state index < -0.39 is 5.97 Å². The van der Waals surface area contributed by atoms with E-state index >= 15 is 0 Å². The lowest BCUT2D eigenvalue weighted by molar-refractivity contribution is -0.142. The molecular formula is C31H34N4O3S. The maximum Gasteiger partial charge on any atom is 0.329 e. The minimum Gasteiger partial charge on any atom is -0.372 e. The van der Waals surface area contributed by atoms with Crippen molar-refractivity contribution in [2.24, 2.45) is 0 Å². The number of fused-ring (bicyclic) bond motifs is 1. The fraction of sp³-hybridized carbons (Fsp3) is 0.323. The summed E-state index contributed by atoms with van der Waals surface area (Å²) in [7, 11) is 0. The van der Waals surface area contributed by atoms with Gasteiger partial charge < -0.3 is 14.6 Å². The van der Waals surface area contributed by atoms with E-state index in [1.807, 2.05) is 59.5 Å². The van der Waals surface area contributed by atoms with Crippen LogP contribution < -0.4 is 14.6 Å². The standard InChI is InChI=1S/C31H34N4O3S/c1-24(36)38-35-29-14-7-6-13-28(29)32-31(35)39-22-10-21-34(30(37)23-25-11-4-2-5-12-25)27-17-15-26(16-18-27)33-19-8-3-9-20-33/h2,4-7,11-18H,3,8-10,19-23H2,1H3. The van der Waals surface area contributed by atoms with Gasteiger partial charge in [-0.25, -0.2) is 9.78 Å². The van der Waals surface area contributed by atoms with E-state index in [9.17, 15) is 9.59 Å². The van der Waals surface area contributed by atoms with Gasteiger partial charge in [0, 0.05) is 43.7 Å². The fourth-order valence-corrected chi connectivity index (χ4v) is 5.81. The SMILES string of the molecule is CC(=O)On1c(SCCCN(C(=O)Cc2ccccc2)c2ccc(N3CCCCC3)cc2)nc2ccccc21. The first-order valence-corrected chi connectivity index (χ1v) is 14.6. The number of amides is 1. The molecule has 0 aliphatic carbocycles. The molecule has 0 spiro atoms. The summed E-state index contributed by atoms with van der Waals surface area (Å²) >= 11 is 1.52. The predicted molar refractivity (Wildman–Crippen MR) is 157 cm³/mol. The fourth-order valence-electron chi connectivity index (χ4n) is 4.93. The van der Waals surface area contributed by atoms with Crippen molar-refractivity contribution in [2.45, 2.75) is 44.2 Å². The summed E-state index contributed by atoms with van der Waals surface area (Å²) in [5.74, 6) is 0.390. The Balaban J connectivity index is 1.28. The van der Waals surface area contributed by atoms with Crippen LogP contribution in [0.3, 0.4) is 0 Å². The molecule has 7 nitrogen and oxygen atoms in total. The minimum absolute atomic E-state index is 0.0732. The number of carbonyl (C=O) groups is 2. The van der Waals surface area contributed by atoms with Crippen LogP contribution in [0.25, 0.3) is 11.0 Å². The van der Waals surface area contributed by atoms with E-state index in [0.717, 1.165) is 41.8 Å². The summed E-state index contributed by atoms with van der Waals surface area (Å²) < 4.78 is 1.50. The lowest BCUT2D eigenvalue weighted by atomic mass is 10.1. The van der Waals surface area contributed by atoms with E-state index in [-0.39, 0.29) is 5.91 Å². The quantitative estimate of drug-likeness (QED) is 0.188. The molecule has 1 aromatic heterocycles. The van der Waals surface area contributed by atoms with Gasteiger partial charge in [-0.3, -0.25) is 4.79 Å². The van der Waals surface area contributed by atoms with Gasteiger partial charge in [0.15, 0.2) is 0 Å². The van der Waals surface area contributed by atoms with E-state index in [4.69, 9.17) is 4.84 Å². The van der Waals surface area contributed by atoms with Crippen molar-refractivity contribution in [2.75, 3.05) is 35.2 Å². The molecule has 8 heteroatoms. The minimum atomic E-state index is -0.398. The van der Waals surface area contributed by atoms with Crippen molar-refractivity contribution >= 4 is 46.0 Å². The zero-order valence-corrected chi connectivity index (χ0v) is 23.1. The highest BCUT2D eigenvalue weighted by molar-refractivity contribution is 7.99. The Morgan fingerprint density at radius 3 is 2.38 bits per heavy atom. The third-order valence-corrected chi connectivity index (χ3v) is 7.86. The van der Waals surface area contributed by atoms with E-state index in [1.165, 1.54) is 48.4 Å². The first kappa shape index (κ1) is 26.8. The maximum atomic E-state index is 13.5. The van der Waals surface area contributed by atoms with Gasteiger partial charge in [0.25, 0.3) is 0 Å². The summed E-state index contributed by atoms with van der Waals surface area (Å²) in [6.07, 6.45) is 4.86. The number of benzene rings is 3. The largest absolute Gasteiger partial charge is 0.372 e. The Kier molecular flexibility index (Phi) is 8.83. The molecule has 5 rings (SSSR count). The van der Waals surface area contributed by atoms with Crippen molar-refractivity contribution in [3.05, 3.63) is 84.4 Å². The molecule has 1 saturated heterocycles. The molecule has 4 aromatic rings. The van der Waals surface area contributed by atoms with Crippen molar-refractivity contribution in [1.82, 2.24) is 9.71 Å². The number of para-hydroxylation sites is 2. The van der Waals surface area contributed by atoms with Crippen molar-refractivity contribution in [3.8, 4) is 0 Å². The molecule has 39 heavy (non-hydrogen) atoms. The Morgan fingerprint density at radius 1 is 0.923 bits per heavy atom. The number of carbonyl (C=O) groups excluding carboxylic acids is 2. The number of aromatic nitrogens is 2. The number of rotatable bonds is 10. The van der Waals surface area contributed by atoms with Gasteiger partial charge in [-0.15, -0.1) is 4.73 Å². The van der Waals surface area contributed by atoms with Crippen molar-refractivity contribution in [1.29, 1.82) is 0 Å². The average Bonchev–Trinajstić information content (AvgIpc) is 3.30. The normalized spacial score (nSPS) is 13.4. The van der Waals surface area contributed by atoms with Gasteiger partial charge in [0.2, 0.25) is 11.1 Å². The summed E-state index contributed by atoms with van der Waals surface area (Å²) in [5, 5.41) is 0.624. The van der Waals surface area contributed by atoms with Gasteiger partial charge in [0.05, 0.1) is 11.9 Å². The second-order valence-electron chi connectivity index (χ2n) is 9.73. The Labute approximate surface area is 233 Å². The van der Waals surface area contributed by atoms with Crippen LogP contribution in [0.2, 0.25) is 0 Å². The first-order chi connectivity index (χ1) is 19.1. The molecule has 0 atom stereocenters. The van der Waals surface area contributed by atoms with Crippen molar-refractivity contribution < 1.29 is 14.4 Å². The van der Waals surface area contributed by atoms with Crippen LogP contribution in [-0.2, 0) is 16.0 Å². The molecule has 1 aliphatic heterocycles. The second-order valence-corrected chi connectivity index (χ2v) is 10.8. The summed E-state index contributed by atoms with van der Waals surface area (Å²) in [5.41, 5.74) is 4.66. The Hall–Kier alpha value is -3.78. The van der Waals surface area contributed by atoms with Crippen LogP contribution in [0.5, 0.6) is 0 Å². The molecule has 1 amide bonds. The van der Waals surface area contributed by atoms with Crippen LogP contribution in [-0.4, -0.2) is 47.0 Å². The van der Waals surface area contributed by atoms with E-state index in [0.29, 0.717) is 23.9 Å². The molecule has 0 radical (unpaired) electrons. The molecule has 1 aliphatic rings. The lowest BCUT2D eigenvalue weighted by Crippen LogP contribution is -2.34. The predicted octanol–water partition coefficient (Wildman–Crippen LogP) is 5.76. The zero-order chi connectivity index (χ0) is 27.0. The number of hydrogen-bond donors (Lipinski definition) is 0. The number of nitrogens with zero attached hydrogens (tertiary/aromatic N) is 4. The molecule has 2 heterocycles. The highest BCUT2D eigenvalue weighted by atomic mass is 32.2. The Morgan fingerprint density at radius 2 is 1.64 bits per heavy atom. The second kappa shape index (κ2) is 12.8. The Bertz CT molecular complexity index is 1400. The lowest BCUT2D eigenvalue weighted by Gasteiger charge is -2.29. The molecule has 3 aromatic carbocycles. The molecule has 0 saturated carbocycles. The van der Waals surface area contributed by atoms with Crippen LogP contribution in [0.15, 0.2) is 84.0 Å². The maximum absolute atomic E-state index is 13.5. The van der Waals surface area contributed by atoms with E-state index in [2.05, 4.69) is 34.1 Å². The molecule has 0 unspecified atom stereocenters. The van der Waals surface area contributed by atoms with Gasteiger partial charge in [-0.1, -0.05) is 54.2 Å². The third-order valence-electron chi connectivity index (χ3n) is 6.85. The summed E-state index contributed by atoms with van der Waals surface area (Å²) in [6, 6.07) is 25.9. The number of anilines is 2. The van der Waals surface area contributed by atoms with Crippen LogP contribution in [0.1, 0.15) is 38.2 Å². The van der Waals surface area contributed by atoms with Crippen LogP contribution >= 0.6 is 11.8 Å². The van der Waals surface area contributed by atoms with E-state index in [1.54, 1.807) is 0 Å². The first-order valence-electron chi connectivity index (χ1n) is 13.6. The van der Waals surface area contributed by atoms with Gasteiger partial charge >= 0.3 is 5.97 Å². The molecule has 202 valence electrons. The number of piperidine rings is 1. The third kappa shape index (κ3) is 6.81. The van der Waals surface area contributed by atoms with Gasteiger partial charge in [-0.05, 0) is 67.6 Å².